The Labute approximate surface area is 209 Å². The maximum Gasteiger partial charge on any atom is 0.232 e. The molecular weight excluding hydrogens is 470 g/mol. The summed E-state index contributed by atoms with van der Waals surface area (Å²) in [6.07, 6.45) is 4.33. The van der Waals surface area contributed by atoms with E-state index in [1.807, 2.05) is 6.92 Å². The van der Waals surface area contributed by atoms with Crippen molar-refractivity contribution in [2.45, 2.75) is 52.5 Å². The van der Waals surface area contributed by atoms with Gasteiger partial charge in [0.2, 0.25) is 15.9 Å². The zero-order valence-corrected chi connectivity index (χ0v) is 22.1. The molecule has 34 heavy (non-hydrogen) atoms. The number of sulfonamides is 1. The molecule has 1 fully saturated rings. The number of rotatable bonds is 9. The van der Waals surface area contributed by atoms with E-state index in [0.717, 1.165) is 18.7 Å². The fourth-order valence-corrected chi connectivity index (χ4v) is 5.69. The topological polar surface area (TPSA) is 69.7 Å². The lowest BCUT2D eigenvalue weighted by molar-refractivity contribution is -0.121. The molecule has 1 amide bonds. The van der Waals surface area contributed by atoms with Crippen LogP contribution in [0.15, 0.2) is 42.5 Å². The summed E-state index contributed by atoms with van der Waals surface area (Å²) in [6, 6.07) is 13.5. The molecule has 2 aromatic carbocycles. The van der Waals surface area contributed by atoms with E-state index in [4.69, 9.17) is 11.6 Å². The van der Waals surface area contributed by atoms with Crippen molar-refractivity contribution in [3.8, 4) is 0 Å². The zero-order chi connectivity index (χ0) is 24.9. The Kier molecular flexibility index (Phi) is 8.88. The second-order valence-corrected chi connectivity index (χ2v) is 11.7. The third-order valence-electron chi connectivity index (χ3n) is 6.47. The van der Waals surface area contributed by atoms with Gasteiger partial charge in [0, 0.05) is 36.8 Å². The van der Waals surface area contributed by atoms with Crippen molar-refractivity contribution in [2.75, 3.05) is 35.1 Å². The minimum Gasteiger partial charge on any atom is -0.371 e. The van der Waals surface area contributed by atoms with E-state index in [2.05, 4.69) is 41.4 Å². The minimum absolute atomic E-state index is 0.0994. The number of nitrogens with one attached hydrogen (secondary N) is 1. The standard InChI is InChI=1S/C26H36ClN3O3S/c1-19-8-6-16-29(18-19)23-14-12-22(13-15-23)21(3)28-26(31)11-7-17-30(34(4,32)33)25-10-5-9-24(27)20(25)2/h5,9-10,12-15,19,21H,6-8,11,16-18H2,1-4H3,(H,28,31)/t19-,21+/m0/s1. The van der Waals surface area contributed by atoms with Crippen LogP contribution in [0, 0.1) is 12.8 Å². The van der Waals surface area contributed by atoms with Crippen molar-refractivity contribution in [2.24, 2.45) is 5.92 Å². The molecule has 1 saturated heterocycles. The third-order valence-corrected chi connectivity index (χ3v) is 8.06. The maximum absolute atomic E-state index is 12.6. The van der Waals surface area contributed by atoms with Crippen LogP contribution >= 0.6 is 11.6 Å². The third kappa shape index (κ3) is 6.89. The molecule has 186 valence electrons. The van der Waals surface area contributed by atoms with Crippen LogP contribution in [0.2, 0.25) is 5.02 Å². The average Bonchev–Trinajstić information content (AvgIpc) is 2.78. The fraction of sp³-hybridized carbons (Fsp3) is 0.500. The van der Waals surface area contributed by atoms with Crippen molar-refractivity contribution in [3.63, 3.8) is 0 Å². The van der Waals surface area contributed by atoms with Gasteiger partial charge < -0.3 is 10.2 Å². The monoisotopic (exact) mass is 505 g/mol. The molecular formula is C26H36ClN3O3S. The molecule has 0 unspecified atom stereocenters. The first-order chi connectivity index (χ1) is 16.1. The second kappa shape index (κ2) is 11.5. The number of amides is 1. The summed E-state index contributed by atoms with van der Waals surface area (Å²) in [7, 11) is -3.50. The first-order valence-electron chi connectivity index (χ1n) is 11.9. The van der Waals surface area contributed by atoms with E-state index in [1.54, 1.807) is 25.1 Å². The van der Waals surface area contributed by atoms with Gasteiger partial charge >= 0.3 is 0 Å². The van der Waals surface area contributed by atoms with Crippen LogP contribution in [0.5, 0.6) is 0 Å². The molecule has 1 N–H and O–H groups in total. The van der Waals surface area contributed by atoms with Crippen LogP contribution in [-0.4, -0.2) is 40.2 Å². The van der Waals surface area contributed by atoms with E-state index >= 15 is 0 Å². The average molecular weight is 506 g/mol. The molecule has 0 radical (unpaired) electrons. The Morgan fingerprint density at radius 2 is 1.94 bits per heavy atom. The van der Waals surface area contributed by atoms with Crippen molar-refractivity contribution >= 4 is 38.9 Å². The first-order valence-corrected chi connectivity index (χ1v) is 14.2. The molecule has 1 aliphatic rings. The molecule has 1 heterocycles. The van der Waals surface area contributed by atoms with E-state index in [0.29, 0.717) is 28.6 Å². The van der Waals surface area contributed by atoms with Gasteiger partial charge in [-0.2, -0.15) is 0 Å². The van der Waals surface area contributed by atoms with Gasteiger partial charge in [-0.1, -0.05) is 36.7 Å². The van der Waals surface area contributed by atoms with Crippen molar-refractivity contribution in [1.82, 2.24) is 5.32 Å². The Balaban J connectivity index is 1.54. The summed E-state index contributed by atoms with van der Waals surface area (Å²) >= 11 is 6.18. The number of halogens is 1. The predicted molar refractivity (Wildman–Crippen MR) is 141 cm³/mol. The van der Waals surface area contributed by atoms with Gasteiger partial charge in [-0.05, 0) is 74.4 Å². The van der Waals surface area contributed by atoms with Gasteiger partial charge in [0.15, 0.2) is 0 Å². The highest BCUT2D eigenvalue weighted by molar-refractivity contribution is 7.92. The molecule has 2 atom stereocenters. The highest BCUT2D eigenvalue weighted by Gasteiger charge is 2.21. The summed E-state index contributed by atoms with van der Waals surface area (Å²) in [5.41, 5.74) is 3.53. The predicted octanol–water partition coefficient (Wildman–Crippen LogP) is 5.31. The molecule has 8 heteroatoms. The number of anilines is 2. The zero-order valence-electron chi connectivity index (χ0n) is 20.6. The molecule has 1 aliphatic heterocycles. The van der Waals surface area contributed by atoms with Crippen molar-refractivity contribution in [3.05, 3.63) is 58.6 Å². The summed E-state index contributed by atoms with van der Waals surface area (Å²) in [6.45, 7) is 8.45. The van der Waals surface area contributed by atoms with Gasteiger partial charge in [0.1, 0.15) is 0 Å². The normalized spacial score (nSPS) is 17.3. The number of carbonyl (C=O) groups is 1. The minimum atomic E-state index is -3.50. The van der Waals surface area contributed by atoms with Crippen molar-refractivity contribution in [1.29, 1.82) is 0 Å². The number of carbonyl (C=O) groups excluding carboxylic acids is 1. The molecule has 3 rings (SSSR count). The van der Waals surface area contributed by atoms with Crippen LogP contribution in [-0.2, 0) is 14.8 Å². The highest BCUT2D eigenvalue weighted by Crippen LogP contribution is 2.29. The van der Waals surface area contributed by atoms with Gasteiger partial charge in [-0.15, -0.1) is 0 Å². The molecule has 0 saturated carbocycles. The number of piperidine rings is 1. The molecule has 0 aromatic heterocycles. The molecule has 2 aromatic rings. The Hall–Kier alpha value is -2.25. The summed E-state index contributed by atoms with van der Waals surface area (Å²) in [5, 5.41) is 3.55. The van der Waals surface area contributed by atoms with Gasteiger partial charge in [0.25, 0.3) is 0 Å². The van der Waals surface area contributed by atoms with Gasteiger partial charge in [-0.3, -0.25) is 9.10 Å². The Bertz CT molecular complexity index is 1090. The van der Waals surface area contributed by atoms with Crippen LogP contribution in [0.25, 0.3) is 0 Å². The molecule has 0 aliphatic carbocycles. The smallest absolute Gasteiger partial charge is 0.232 e. The van der Waals surface area contributed by atoms with Crippen molar-refractivity contribution < 1.29 is 13.2 Å². The van der Waals surface area contributed by atoms with Crippen LogP contribution in [0.3, 0.4) is 0 Å². The quantitative estimate of drug-likeness (QED) is 0.501. The van der Waals surface area contributed by atoms with Gasteiger partial charge in [0.05, 0.1) is 18.0 Å². The van der Waals surface area contributed by atoms with Gasteiger partial charge in [-0.25, -0.2) is 8.42 Å². The summed E-state index contributed by atoms with van der Waals surface area (Å²) in [5.74, 6) is 0.616. The first kappa shape index (κ1) is 26.4. The Morgan fingerprint density at radius 3 is 2.59 bits per heavy atom. The number of hydrogen-bond donors (Lipinski definition) is 1. The van der Waals surface area contributed by atoms with E-state index in [-0.39, 0.29) is 24.9 Å². The number of hydrogen-bond acceptors (Lipinski definition) is 4. The highest BCUT2D eigenvalue weighted by atomic mass is 35.5. The molecule has 0 spiro atoms. The van der Waals surface area contributed by atoms with E-state index < -0.39 is 10.0 Å². The summed E-state index contributed by atoms with van der Waals surface area (Å²) in [4.78, 5) is 15.0. The lowest BCUT2D eigenvalue weighted by Gasteiger charge is -2.33. The van der Waals surface area contributed by atoms with Crippen LogP contribution in [0.4, 0.5) is 11.4 Å². The fourth-order valence-electron chi connectivity index (χ4n) is 4.51. The number of nitrogens with zero attached hydrogens (tertiary/aromatic N) is 2. The lowest BCUT2D eigenvalue weighted by Crippen LogP contribution is -2.34. The number of benzene rings is 2. The molecule has 0 bridgehead atoms. The molecule has 6 nitrogen and oxygen atoms in total. The van der Waals surface area contributed by atoms with Crippen LogP contribution in [0.1, 0.15) is 56.7 Å². The maximum atomic E-state index is 12.6. The van der Waals surface area contributed by atoms with E-state index in [1.165, 1.54) is 29.1 Å². The van der Waals surface area contributed by atoms with Crippen LogP contribution < -0.4 is 14.5 Å². The Morgan fingerprint density at radius 1 is 1.24 bits per heavy atom. The summed E-state index contributed by atoms with van der Waals surface area (Å²) < 4.78 is 26.1. The lowest BCUT2D eigenvalue weighted by atomic mass is 9.99. The SMILES string of the molecule is Cc1c(Cl)cccc1N(CCCC(=O)N[C@H](C)c1ccc(N2CCC[C@H](C)C2)cc1)S(C)(=O)=O. The largest absolute Gasteiger partial charge is 0.371 e. The van der Waals surface area contributed by atoms with E-state index in [9.17, 15) is 13.2 Å². The second-order valence-electron chi connectivity index (χ2n) is 9.40.